The van der Waals surface area contributed by atoms with Gasteiger partial charge >= 0.3 is 11.7 Å². The number of aromatic nitrogens is 2. The smallest absolute Gasteiger partial charge is 0.338 e. The number of amides is 2. The average Bonchev–Trinajstić information content (AvgIpc) is 3.30. The van der Waals surface area contributed by atoms with Crippen LogP contribution >= 0.6 is 11.8 Å². The average molecular weight is 642 g/mol. The van der Waals surface area contributed by atoms with E-state index in [1.165, 1.54) is 12.1 Å². The van der Waals surface area contributed by atoms with Gasteiger partial charge in [0.15, 0.2) is 5.17 Å². The van der Waals surface area contributed by atoms with Crippen molar-refractivity contribution in [2.45, 2.75) is 38.5 Å². The number of esters is 1. The van der Waals surface area contributed by atoms with Gasteiger partial charge in [-0.25, -0.2) is 14.6 Å². The van der Waals surface area contributed by atoms with Crippen molar-refractivity contribution >= 4 is 46.4 Å². The zero-order valence-corrected chi connectivity index (χ0v) is 25.2. The molecule has 6 N–H and O–H groups in total. The number of aliphatic imine (C=N–C) groups is 1. The summed E-state index contributed by atoms with van der Waals surface area (Å²) in [4.78, 5) is 79.2. The molecule has 1 fully saturated rings. The lowest BCUT2D eigenvalue weighted by atomic mass is 10.0. The van der Waals surface area contributed by atoms with Crippen LogP contribution in [0.2, 0.25) is 0 Å². The van der Waals surface area contributed by atoms with Crippen molar-refractivity contribution in [1.82, 2.24) is 15.3 Å². The summed E-state index contributed by atoms with van der Waals surface area (Å²) in [7, 11) is 0. The van der Waals surface area contributed by atoms with Gasteiger partial charge in [0.2, 0.25) is 17.7 Å². The number of carboxylic acids is 1. The number of rotatable bonds is 10. The number of carboxylic acid groups (broad SMARTS) is 1. The maximum atomic E-state index is 12.7. The van der Waals surface area contributed by atoms with E-state index in [-0.39, 0.29) is 23.8 Å². The van der Waals surface area contributed by atoms with Gasteiger partial charge in [-0.2, -0.15) is 0 Å². The van der Waals surface area contributed by atoms with Gasteiger partial charge in [-0.05, 0) is 55.8 Å². The second-order valence-corrected chi connectivity index (χ2v) is 10.4. The number of benzene rings is 2. The van der Waals surface area contributed by atoms with E-state index in [2.05, 4.69) is 25.6 Å². The van der Waals surface area contributed by atoms with E-state index in [4.69, 9.17) is 19.4 Å². The molecule has 238 valence electrons. The molecule has 45 heavy (non-hydrogen) atoms. The van der Waals surface area contributed by atoms with E-state index in [9.17, 15) is 29.1 Å². The van der Waals surface area contributed by atoms with Crippen LogP contribution in [0.4, 0.5) is 5.69 Å². The molecule has 1 aromatic heterocycles. The van der Waals surface area contributed by atoms with Gasteiger partial charge < -0.3 is 30.3 Å². The minimum atomic E-state index is -1.11. The van der Waals surface area contributed by atoms with Gasteiger partial charge in [0.1, 0.15) is 22.6 Å². The standard InChI is InChI=1S/C27H27N5O8S.C2H4O2/c1-3-39-17-11-7-14(8-12-17)21(20-23(35)30-26(38)31-24(20)36)29-27-32-22(34)18(41-27)13-19(33)28-16-9-5-15(6-10-16)25(37)40-4-2;1-2(3)4/h5-12,18,21H,3-4,13H2,1-2H3,(H,28,33)(H,29,32,34)(H3,30,31,35,36,38);1H3,(H,3,4). The quantitative estimate of drug-likeness (QED) is 0.176. The molecule has 2 amide bonds. The van der Waals surface area contributed by atoms with Crippen molar-refractivity contribution in [3.8, 4) is 11.6 Å². The van der Waals surface area contributed by atoms with Gasteiger partial charge in [-0.15, -0.1) is 0 Å². The van der Waals surface area contributed by atoms with Crippen LogP contribution in [0.15, 0.2) is 63.1 Å². The number of H-pyrrole nitrogens is 2. The SMILES string of the molecule is CC(=O)O.CCOC(=O)c1ccc(NC(=O)CC2SC(=NC(c3ccc(OCC)cc3)c3c(O)[nH]c(=O)[nH]c3=O)NC2=O)cc1. The molecule has 16 heteroatoms. The van der Waals surface area contributed by atoms with Crippen LogP contribution in [0.5, 0.6) is 11.6 Å². The molecule has 0 bridgehead atoms. The maximum absolute atomic E-state index is 12.7. The van der Waals surface area contributed by atoms with Crippen LogP contribution in [-0.4, -0.2) is 67.6 Å². The van der Waals surface area contributed by atoms with Crippen LogP contribution in [-0.2, 0) is 19.1 Å². The third-order valence-corrected chi connectivity index (χ3v) is 6.91. The van der Waals surface area contributed by atoms with Crippen molar-refractivity contribution < 1.29 is 38.9 Å². The molecular weight excluding hydrogens is 610 g/mol. The molecule has 2 aromatic carbocycles. The lowest BCUT2D eigenvalue weighted by molar-refractivity contribution is -0.134. The van der Waals surface area contributed by atoms with E-state index in [0.717, 1.165) is 18.7 Å². The van der Waals surface area contributed by atoms with Gasteiger partial charge in [0.05, 0.1) is 18.8 Å². The number of amidine groups is 1. The van der Waals surface area contributed by atoms with Crippen LogP contribution < -0.4 is 26.6 Å². The van der Waals surface area contributed by atoms with E-state index in [1.807, 2.05) is 6.92 Å². The number of thioether (sulfide) groups is 1. The van der Waals surface area contributed by atoms with E-state index >= 15 is 0 Å². The van der Waals surface area contributed by atoms with Crippen LogP contribution in [0.25, 0.3) is 0 Å². The molecule has 2 atom stereocenters. The highest BCUT2D eigenvalue weighted by Crippen LogP contribution is 2.32. The van der Waals surface area contributed by atoms with Gasteiger partial charge in [-0.1, -0.05) is 23.9 Å². The largest absolute Gasteiger partial charge is 0.494 e. The number of aromatic amines is 2. The number of aromatic hydroxyl groups is 1. The fourth-order valence-corrected chi connectivity index (χ4v) is 4.95. The lowest BCUT2D eigenvalue weighted by Gasteiger charge is -2.15. The number of nitrogens with zero attached hydrogens (tertiary/aromatic N) is 1. The Bertz CT molecular complexity index is 1680. The topological polar surface area (TPSA) is 229 Å². The van der Waals surface area contributed by atoms with Crippen molar-refractivity contribution in [3.63, 3.8) is 0 Å². The summed E-state index contributed by atoms with van der Waals surface area (Å²) < 4.78 is 10.4. The van der Waals surface area contributed by atoms with E-state index in [0.29, 0.717) is 29.2 Å². The van der Waals surface area contributed by atoms with Crippen LogP contribution in [0.3, 0.4) is 0 Å². The molecule has 1 aliphatic heterocycles. The normalized spacial score (nSPS) is 15.3. The molecule has 1 saturated heterocycles. The summed E-state index contributed by atoms with van der Waals surface area (Å²) in [5.74, 6) is -2.31. The Labute approximate surface area is 260 Å². The predicted octanol–water partition coefficient (Wildman–Crippen LogP) is 2.14. The first-order chi connectivity index (χ1) is 21.4. The number of carbonyl (C=O) groups is 4. The molecule has 3 aromatic rings. The minimum absolute atomic E-state index is 0.121. The molecule has 1 aliphatic rings. The number of aliphatic carboxylic acids is 1. The predicted molar refractivity (Wildman–Crippen MR) is 165 cm³/mol. The zero-order chi connectivity index (χ0) is 33.1. The summed E-state index contributed by atoms with van der Waals surface area (Å²) in [5, 5.41) is 22.4. The van der Waals surface area contributed by atoms with Crippen molar-refractivity contribution in [1.29, 1.82) is 0 Å². The molecule has 0 saturated carbocycles. The number of ether oxygens (including phenoxy) is 2. The van der Waals surface area contributed by atoms with E-state index < -0.39 is 52.2 Å². The number of nitrogens with one attached hydrogen (secondary N) is 4. The Morgan fingerprint density at radius 3 is 2.22 bits per heavy atom. The van der Waals surface area contributed by atoms with Crippen LogP contribution in [0, 0.1) is 0 Å². The first kappa shape index (κ1) is 34.1. The van der Waals surface area contributed by atoms with Gasteiger partial charge in [0.25, 0.3) is 11.5 Å². The Morgan fingerprint density at radius 1 is 1.00 bits per heavy atom. The molecule has 0 aliphatic carbocycles. The van der Waals surface area contributed by atoms with Crippen molar-refractivity contribution in [3.05, 3.63) is 86.1 Å². The molecule has 0 radical (unpaired) electrons. The third kappa shape index (κ3) is 9.82. The first-order valence-corrected chi connectivity index (χ1v) is 14.4. The summed E-state index contributed by atoms with van der Waals surface area (Å²) in [6, 6.07) is 11.6. The summed E-state index contributed by atoms with van der Waals surface area (Å²) in [6.45, 7) is 5.31. The zero-order valence-electron chi connectivity index (χ0n) is 24.4. The molecular formula is C29H31N5O10S. The highest BCUT2D eigenvalue weighted by Gasteiger charge is 2.34. The highest BCUT2D eigenvalue weighted by molar-refractivity contribution is 8.15. The minimum Gasteiger partial charge on any atom is -0.494 e. The first-order valence-electron chi connectivity index (χ1n) is 13.5. The second-order valence-electron chi connectivity index (χ2n) is 9.17. The fourth-order valence-electron chi connectivity index (χ4n) is 3.96. The lowest BCUT2D eigenvalue weighted by Crippen LogP contribution is -2.29. The Kier molecular flexibility index (Phi) is 12.1. The fraction of sp³-hybridized carbons (Fsp3) is 0.276. The molecule has 2 unspecified atom stereocenters. The monoisotopic (exact) mass is 641 g/mol. The maximum Gasteiger partial charge on any atom is 0.338 e. The highest BCUT2D eigenvalue weighted by atomic mass is 32.2. The molecule has 4 rings (SSSR count). The third-order valence-electron chi connectivity index (χ3n) is 5.81. The van der Waals surface area contributed by atoms with Gasteiger partial charge in [0, 0.05) is 19.0 Å². The van der Waals surface area contributed by atoms with Gasteiger partial charge in [-0.3, -0.25) is 29.1 Å². The summed E-state index contributed by atoms with van der Waals surface area (Å²) >= 11 is 0.990. The van der Waals surface area contributed by atoms with Crippen molar-refractivity contribution in [2.24, 2.45) is 4.99 Å². The summed E-state index contributed by atoms with van der Waals surface area (Å²) in [5.41, 5.74) is -0.734. The Balaban J connectivity index is 0.00000130. The molecule has 0 spiro atoms. The number of carbonyl (C=O) groups excluding carboxylic acids is 3. The Hall–Kier alpha value is -5.38. The van der Waals surface area contributed by atoms with Crippen LogP contribution in [0.1, 0.15) is 54.7 Å². The summed E-state index contributed by atoms with van der Waals surface area (Å²) in [6.07, 6.45) is -0.187. The van der Waals surface area contributed by atoms with E-state index in [1.54, 1.807) is 43.3 Å². The Morgan fingerprint density at radius 2 is 1.64 bits per heavy atom. The number of anilines is 1. The second kappa shape index (κ2) is 15.9. The molecule has 15 nitrogen and oxygen atoms in total. The number of hydrogen-bond donors (Lipinski definition) is 6. The number of hydrogen-bond acceptors (Lipinski definition) is 11. The molecule has 2 heterocycles. The van der Waals surface area contributed by atoms with Crippen molar-refractivity contribution in [2.75, 3.05) is 18.5 Å².